The molecule has 0 N–H and O–H groups in total. The second kappa shape index (κ2) is 8.74. The molecule has 1 unspecified atom stereocenters. The van der Waals surface area contributed by atoms with Crippen molar-refractivity contribution >= 4 is 24.1 Å². The number of nitro groups is 1. The number of benzene rings is 3. The highest BCUT2D eigenvalue weighted by atomic mass is 31.2. The molecule has 0 amide bonds. The summed E-state index contributed by atoms with van der Waals surface area (Å²) < 4.78 is 19.4. The Morgan fingerprint density at radius 3 is 2.21 bits per heavy atom. The molecule has 0 bridgehead atoms. The maximum Gasteiger partial charge on any atom is 0.270 e. The van der Waals surface area contributed by atoms with Crippen molar-refractivity contribution in [3.8, 4) is 0 Å². The van der Waals surface area contributed by atoms with E-state index < -0.39 is 18.1 Å². The lowest BCUT2D eigenvalue weighted by molar-refractivity contribution is -0.384. The molecule has 0 radical (unpaired) electrons. The van der Waals surface area contributed by atoms with Gasteiger partial charge in [-0.25, -0.2) is 0 Å². The van der Waals surface area contributed by atoms with Crippen molar-refractivity contribution in [3.05, 3.63) is 106 Å². The predicted octanol–water partition coefficient (Wildman–Crippen LogP) is 4.60. The van der Waals surface area contributed by atoms with Crippen LogP contribution in [0, 0.1) is 10.1 Å². The minimum Gasteiger partial charge on any atom is -0.320 e. The summed E-state index contributed by atoms with van der Waals surface area (Å²) in [4.78, 5) is 23.1. The van der Waals surface area contributed by atoms with E-state index in [1.165, 1.54) is 24.3 Å². The van der Waals surface area contributed by atoms with Gasteiger partial charge in [-0.3, -0.25) is 19.5 Å². The fourth-order valence-corrected chi connectivity index (χ4v) is 4.66. The summed E-state index contributed by atoms with van der Waals surface area (Å²) in [5, 5.41) is 11.4. The van der Waals surface area contributed by atoms with Crippen LogP contribution in [0.15, 0.2) is 84.9 Å². The van der Waals surface area contributed by atoms with Crippen LogP contribution in [0.3, 0.4) is 0 Å². The number of hydrogen-bond donors (Lipinski definition) is 0. The molecular formula is C21H18NO5P. The third-order valence-corrected chi connectivity index (χ3v) is 6.50. The first kappa shape index (κ1) is 19.7. The van der Waals surface area contributed by atoms with Crippen LogP contribution in [-0.4, -0.2) is 16.9 Å². The maximum absolute atomic E-state index is 13.6. The number of nitro benzene ring substituents is 1. The summed E-state index contributed by atoms with van der Waals surface area (Å²) in [5.74, 6) is -0.469. The van der Waals surface area contributed by atoms with Gasteiger partial charge in [-0.15, -0.1) is 0 Å². The Morgan fingerprint density at radius 2 is 1.57 bits per heavy atom. The van der Waals surface area contributed by atoms with E-state index in [-0.39, 0.29) is 24.0 Å². The van der Waals surface area contributed by atoms with Gasteiger partial charge >= 0.3 is 0 Å². The van der Waals surface area contributed by atoms with Gasteiger partial charge in [-0.05, 0) is 17.7 Å². The lowest BCUT2D eigenvalue weighted by Gasteiger charge is -2.18. The van der Waals surface area contributed by atoms with E-state index in [4.69, 9.17) is 4.52 Å². The number of carbonyl (C=O) groups is 1. The summed E-state index contributed by atoms with van der Waals surface area (Å²) in [6, 6.07) is 23.2. The molecule has 1 atom stereocenters. The number of rotatable bonds is 8. The highest BCUT2D eigenvalue weighted by molar-refractivity contribution is 7.67. The number of hydrogen-bond acceptors (Lipinski definition) is 5. The molecule has 0 aromatic heterocycles. The Morgan fingerprint density at radius 1 is 0.929 bits per heavy atom. The molecule has 28 heavy (non-hydrogen) atoms. The van der Waals surface area contributed by atoms with E-state index in [1.807, 2.05) is 30.3 Å². The van der Waals surface area contributed by atoms with Crippen molar-refractivity contribution in [2.75, 3.05) is 6.16 Å². The van der Waals surface area contributed by atoms with Gasteiger partial charge < -0.3 is 4.52 Å². The minimum atomic E-state index is -3.52. The smallest absolute Gasteiger partial charge is 0.270 e. The highest BCUT2D eigenvalue weighted by Crippen LogP contribution is 2.47. The average molecular weight is 395 g/mol. The summed E-state index contributed by atoms with van der Waals surface area (Å²) in [6.45, 7) is 0.0925. The normalized spacial score (nSPS) is 12.9. The quantitative estimate of drug-likeness (QED) is 0.241. The van der Waals surface area contributed by atoms with Gasteiger partial charge in [0.05, 0.1) is 17.7 Å². The third-order valence-electron chi connectivity index (χ3n) is 4.16. The minimum absolute atomic E-state index is 0.0925. The van der Waals surface area contributed by atoms with Crippen LogP contribution < -0.4 is 5.30 Å². The topological polar surface area (TPSA) is 86.5 Å². The highest BCUT2D eigenvalue weighted by Gasteiger charge is 2.30. The van der Waals surface area contributed by atoms with Gasteiger partial charge in [0.25, 0.3) is 5.69 Å². The molecule has 6 nitrogen and oxygen atoms in total. The molecule has 0 aliphatic carbocycles. The first-order valence-electron chi connectivity index (χ1n) is 8.59. The zero-order chi connectivity index (χ0) is 20.0. The lowest BCUT2D eigenvalue weighted by Crippen LogP contribution is -2.16. The third kappa shape index (κ3) is 4.80. The molecule has 7 heteroatoms. The summed E-state index contributed by atoms with van der Waals surface area (Å²) >= 11 is 0. The second-order valence-electron chi connectivity index (χ2n) is 6.16. The standard InChI is InChI=1S/C21H18NO5P/c23-21(18-10-7-11-19(14-18)22(24)25)16-28(26,20-12-5-2-6-13-20)27-15-17-8-3-1-4-9-17/h1-14H,15-16H2. The van der Waals surface area contributed by atoms with Gasteiger partial charge in [-0.1, -0.05) is 60.7 Å². The van der Waals surface area contributed by atoms with E-state index in [9.17, 15) is 19.5 Å². The Labute approximate surface area is 162 Å². The number of non-ortho nitro benzene ring substituents is 1. The molecular weight excluding hydrogens is 377 g/mol. The SMILES string of the molecule is O=C(CP(=O)(OCc1ccccc1)c1ccccc1)c1cccc([N+](=O)[O-])c1. The molecule has 0 aliphatic heterocycles. The molecule has 3 aromatic rings. The first-order valence-corrected chi connectivity index (χ1v) is 10.4. The molecule has 0 aliphatic rings. The largest absolute Gasteiger partial charge is 0.320 e. The van der Waals surface area contributed by atoms with Crippen molar-refractivity contribution in [2.45, 2.75) is 6.61 Å². The van der Waals surface area contributed by atoms with Crippen LogP contribution in [-0.2, 0) is 15.7 Å². The summed E-state index contributed by atoms with van der Waals surface area (Å²) in [6.07, 6.45) is -0.370. The molecule has 0 heterocycles. The van der Waals surface area contributed by atoms with Crippen LogP contribution in [0.5, 0.6) is 0 Å². The number of Topliss-reactive ketones (excluding diaryl/α,β-unsaturated/α-hetero) is 1. The zero-order valence-electron chi connectivity index (χ0n) is 14.9. The molecule has 142 valence electrons. The van der Waals surface area contributed by atoms with Crippen molar-refractivity contribution in [2.24, 2.45) is 0 Å². The van der Waals surface area contributed by atoms with Crippen molar-refractivity contribution in [3.63, 3.8) is 0 Å². The van der Waals surface area contributed by atoms with Gasteiger partial charge in [0.2, 0.25) is 7.37 Å². The van der Waals surface area contributed by atoms with E-state index >= 15 is 0 Å². The Bertz CT molecular complexity index is 1020. The Kier molecular flexibility index (Phi) is 6.14. The van der Waals surface area contributed by atoms with Gasteiger partial charge in [0.15, 0.2) is 5.78 Å². The average Bonchev–Trinajstić information content (AvgIpc) is 2.74. The van der Waals surface area contributed by atoms with Crippen LogP contribution in [0.4, 0.5) is 5.69 Å². The Balaban J connectivity index is 1.87. The summed E-state index contributed by atoms with van der Waals surface area (Å²) in [7, 11) is -3.52. The Hall–Kier alpha value is -3.08. The fourth-order valence-electron chi connectivity index (χ4n) is 2.69. The molecule has 0 saturated heterocycles. The van der Waals surface area contributed by atoms with Crippen LogP contribution in [0.25, 0.3) is 0 Å². The summed E-state index contributed by atoms with van der Waals surface area (Å²) in [5.41, 5.74) is 0.778. The van der Waals surface area contributed by atoms with E-state index in [1.54, 1.807) is 30.3 Å². The monoisotopic (exact) mass is 395 g/mol. The number of ketones is 1. The van der Waals surface area contributed by atoms with E-state index in [0.29, 0.717) is 5.30 Å². The number of nitrogens with zero attached hydrogens (tertiary/aromatic N) is 1. The van der Waals surface area contributed by atoms with E-state index in [0.717, 1.165) is 5.56 Å². The predicted molar refractivity (Wildman–Crippen MR) is 107 cm³/mol. The van der Waals surface area contributed by atoms with Crippen molar-refractivity contribution < 1.29 is 18.8 Å². The molecule has 0 fully saturated rings. The van der Waals surface area contributed by atoms with Gasteiger partial charge in [0, 0.05) is 23.0 Å². The molecule has 3 aromatic carbocycles. The van der Waals surface area contributed by atoms with Gasteiger partial charge in [0.1, 0.15) is 0 Å². The van der Waals surface area contributed by atoms with Crippen LogP contribution in [0.1, 0.15) is 15.9 Å². The zero-order valence-corrected chi connectivity index (χ0v) is 15.8. The molecule has 3 rings (SSSR count). The van der Waals surface area contributed by atoms with Crippen LogP contribution in [0.2, 0.25) is 0 Å². The number of carbonyl (C=O) groups excluding carboxylic acids is 1. The molecule has 0 spiro atoms. The van der Waals surface area contributed by atoms with Crippen LogP contribution >= 0.6 is 7.37 Å². The fraction of sp³-hybridized carbons (Fsp3) is 0.0952. The van der Waals surface area contributed by atoms with Gasteiger partial charge in [-0.2, -0.15) is 0 Å². The van der Waals surface area contributed by atoms with E-state index in [2.05, 4.69) is 0 Å². The molecule has 0 saturated carbocycles. The van der Waals surface area contributed by atoms with Crippen molar-refractivity contribution in [1.29, 1.82) is 0 Å². The maximum atomic E-state index is 13.6. The lowest BCUT2D eigenvalue weighted by atomic mass is 10.1. The van der Waals surface area contributed by atoms with Crippen molar-refractivity contribution in [1.82, 2.24) is 0 Å². The first-order chi connectivity index (χ1) is 13.5. The second-order valence-corrected chi connectivity index (χ2v) is 8.59.